The van der Waals surface area contributed by atoms with Crippen LogP contribution in [-0.2, 0) is 25.4 Å². The van der Waals surface area contributed by atoms with Crippen LogP contribution in [0, 0.1) is 0 Å². The fraction of sp³-hybridized carbons (Fsp3) is 0.400. The highest BCUT2D eigenvalue weighted by Gasteiger charge is 2.26. The summed E-state index contributed by atoms with van der Waals surface area (Å²) >= 11 is 0. The van der Waals surface area contributed by atoms with Gasteiger partial charge in [0.25, 0.3) is 0 Å². The maximum absolute atomic E-state index is 11.9. The molecule has 1 unspecified atom stereocenters. The zero-order chi connectivity index (χ0) is 18.2. The summed E-state index contributed by atoms with van der Waals surface area (Å²) in [6.45, 7) is 0. The van der Waals surface area contributed by atoms with Crippen molar-refractivity contribution in [2.24, 2.45) is 0 Å². The topological polar surface area (TPSA) is 141 Å². The molecule has 8 nitrogen and oxygen atoms in total. The SMILES string of the molecule is O=C(O)CCP(=O)(O)CC[C@H](NC(=O)Cc1ccccc1)C(=O)O. The molecule has 1 aromatic carbocycles. The second-order valence-corrected chi connectivity index (χ2v) is 7.93. The van der Waals surface area contributed by atoms with E-state index in [-0.39, 0.29) is 19.0 Å². The average Bonchev–Trinajstić information content (AvgIpc) is 2.50. The Morgan fingerprint density at radius 1 is 1.08 bits per heavy atom. The minimum absolute atomic E-state index is 0.000417. The Hall–Kier alpha value is -2.18. The van der Waals surface area contributed by atoms with E-state index in [4.69, 9.17) is 10.2 Å². The minimum atomic E-state index is -3.75. The lowest BCUT2D eigenvalue weighted by atomic mass is 10.1. The number of carbonyl (C=O) groups is 3. The van der Waals surface area contributed by atoms with Crippen LogP contribution < -0.4 is 5.32 Å². The second kappa shape index (κ2) is 9.20. The van der Waals surface area contributed by atoms with Crippen LogP contribution in [0.2, 0.25) is 0 Å². The lowest BCUT2D eigenvalue weighted by Crippen LogP contribution is -2.42. The number of nitrogens with one attached hydrogen (secondary N) is 1. The summed E-state index contributed by atoms with van der Waals surface area (Å²) in [7, 11) is -3.75. The molecule has 1 aromatic rings. The molecule has 4 N–H and O–H groups in total. The highest BCUT2D eigenvalue weighted by molar-refractivity contribution is 7.58. The Morgan fingerprint density at radius 2 is 1.71 bits per heavy atom. The first-order valence-corrected chi connectivity index (χ1v) is 9.31. The molecule has 0 aliphatic rings. The number of aliphatic carboxylic acids is 2. The lowest BCUT2D eigenvalue weighted by Gasteiger charge is -2.17. The summed E-state index contributed by atoms with van der Waals surface area (Å²) in [6, 6.07) is 7.44. The molecule has 0 heterocycles. The summed E-state index contributed by atoms with van der Waals surface area (Å²) in [6.07, 6.45) is -1.51. The molecule has 0 aromatic heterocycles. The molecule has 132 valence electrons. The Labute approximate surface area is 139 Å². The fourth-order valence-electron chi connectivity index (χ4n) is 2.00. The van der Waals surface area contributed by atoms with E-state index in [0.717, 1.165) is 0 Å². The van der Waals surface area contributed by atoms with Crippen LogP contribution in [0.4, 0.5) is 0 Å². The third-order valence-corrected chi connectivity index (χ3v) is 5.16. The molecule has 0 bridgehead atoms. The summed E-state index contributed by atoms with van der Waals surface area (Å²) in [4.78, 5) is 43.2. The van der Waals surface area contributed by atoms with Crippen molar-refractivity contribution in [1.82, 2.24) is 5.32 Å². The van der Waals surface area contributed by atoms with E-state index in [1.807, 2.05) is 0 Å². The Bertz CT molecular complexity index is 632. The van der Waals surface area contributed by atoms with E-state index in [0.29, 0.717) is 5.56 Å². The summed E-state index contributed by atoms with van der Waals surface area (Å²) < 4.78 is 11.8. The third-order valence-electron chi connectivity index (χ3n) is 3.28. The van der Waals surface area contributed by atoms with Crippen LogP contribution in [0.3, 0.4) is 0 Å². The highest BCUT2D eigenvalue weighted by atomic mass is 31.2. The van der Waals surface area contributed by atoms with E-state index in [9.17, 15) is 23.8 Å². The van der Waals surface area contributed by atoms with E-state index in [1.165, 1.54) is 0 Å². The molecule has 0 aliphatic carbocycles. The molecule has 0 radical (unpaired) electrons. The van der Waals surface area contributed by atoms with Gasteiger partial charge in [0.15, 0.2) is 0 Å². The summed E-state index contributed by atoms with van der Waals surface area (Å²) in [5, 5.41) is 20.0. The van der Waals surface area contributed by atoms with Crippen molar-refractivity contribution in [2.45, 2.75) is 25.3 Å². The van der Waals surface area contributed by atoms with Gasteiger partial charge in [0.2, 0.25) is 13.3 Å². The number of rotatable bonds is 10. The summed E-state index contributed by atoms with van der Waals surface area (Å²) in [5.74, 6) is -3.02. The van der Waals surface area contributed by atoms with Gasteiger partial charge in [0.05, 0.1) is 12.8 Å². The predicted octanol–water partition coefficient (Wildman–Crippen LogP) is 0.934. The van der Waals surface area contributed by atoms with E-state index in [1.54, 1.807) is 30.3 Å². The molecule has 0 saturated heterocycles. The van der Waals surface area contributed by atoms with E-state index >= 15 is 0 Å². The molecule has 1 rings (SSSR count). The van der Waals surface area contributed by atoms with Crippen molar-refractivity contribution in [3.63, 3.8) is 0 Å². The van der Waals surface area contributed by atoms with Crippen molar-refractivity contribution in [3.05, 3.63) is 35.9 Å². The Balaban J connectivity index is 2.55. The number of carboxylic acids is 2. The molecule has 0 saturated carbocycles. The summed E-state index contributed by atoms with van der Waals surface area (Å²) in [5.41, 5.74) is 0.716. The maximum atomic E-state index is 11.9. The molecular weight excluding hydrogens is 337 g/mol. The van der Waals surface area contributed by atoms with Gasteiger partial charge < -0.3 is 20.4 Å². The van der Waals surface area contributed by atoms with Gasteiger partial charge in [-0.2, -0.15) is 0 Å². The fourth-order valence-corrected chi connectivity index (χ4v) is 3.42. The maximum Gasteiger partial charge on any atom is 0.326 e. The van der Waals surface area contributed by atoms with Crippen molar-refractivity contribution < 1.29 is 34.1 Å². The largest absolute Gasteiger partial charge is 0.481 e. The molecule has 2 atom stereocenters. The van der Waals surface area contributed by atoms with E-state index < -0.39 is 43.8 Å². The lowest BCUT2D eigenvalue weighted by molar-refractivity contribution is -0.141. The number of amides is 1. The van der Waals surface area contributed by atoms with Crippen molar-refractivity contribution >= 4 is 25.2 Å². The quantitative estimate of drug-likeness (QED) is 0.457. The number of carboxylic acid groups (broad SMARTS) is 2. The van der Waals surface area contributed by atoms with Gasteiger partial charge in [-0.1, -0.05) is 30.3 Å². The van der Waals surface area contributed by atoms with Gasteiger partial charge in [0, 0.05) is 12.3 Å². The van der Waals surface area contributed by atoms with Gasteiger partial charge in [-0.25, -0.2) is 4.79 Å². The Kier molecular flexibility index (Phi) is 7.61. The van der Waals surface area contributed by atoms with Crippen LogP contribution in [-0.4, -0.2) is 51.3 Å². The normalized spacial score (nSPS) is 14.4. The predicted molar refractivity (Wildman–Crippen MR) is 86.1 cm³/mol. The third kappa shape index (κ3) is 7.89. The van der Waals surface area contributed by atoms with Crippen LogP contribution in [0.15, 0.2) is 30.3 Å². The van der Waals surface area contributed by atoms with Gasteiger partial charge in [0.1, 0.15) is 6.04 Å². The number of benzene rings is 1. The smallest absolute Gasteiger partial charge is 0.326 e. The first kappa shape index (κ1) is 19.9. The van der Waals surface area contributed by atoms with Crippen molar-refractivity contribution in [2.75, 3.05) is 12.3 Å². The minimum Gasteiger partial charge on any atom is -0.481 e. The van der Waals surface area contributed by atoms with Crippen LogP contribution in [0.1, 0.15) is 18.4 Å². The van der Waals surface area contributed by atoms with Gasteiger partial charge in [-0.05, 0) is 12.0 Å². The average molecular weight is 357 g/mol. The second-order valence-electron chi connectivity index (χ2n) is 5.35. The molecule has 9 heteroatoms. The number of hydrogen-bond acceptors (Lipinski definition) is 4. The van der Waals surface area contributed by atoms with Crippen molar-refractivity contribution in [1.29, 1.82) is 0 Å². The van der Waals surface area contributed by atoms with Gasteiger partial charge in [-0.15, -0.1) is 0 Å². The standard InChI is InChI=1S/C15H20NO7P/c17-13(10-11-4-2-1-3-5-11)16-12(15(20)21)6-8-24(22,23)9-7-14(18)19/h1-5,12H,6-10H2,(H,16,17)(H,18,19)(H,20,21)(H,22,23)/t12-/m0/s1. The first-order chi connectivity index (χ1) is 11.2. The van der Waals surface area contributed by atoms with Crippen molar-refractivity contribution in [3.8, 4) is 0 Å². The highest BCUT2D eigenvalue weighted by Crippen LogP contribution is 2.41. The number of carbonyl (C=O) groups excluding carboxylic acids is 1. The molecular formula is C15H20NO7P. The Morgan fingerprint density at radius 3 is 2.25 bits per heavy atom. The monoisotopic (exact) mass is 357 g/mol. The molecule has 24 heavy (non-hydrogen) atoms. The van der Waals surface area contributed by atoms with Crippen LogP contribution >= 0.6 is 7.37 Å². The zero-order valence-corrected chi connectivity index (χ0v) is 13.8. The van der Waals surface area contributed by atoms with Gasteiger partial charge in [-0.3, -0.25) is 14.2 Å². The molecule has 1 amide bonds. The zero-order valence-electron chi connectivity index (χ0n) is 12.9. The first-order valence-electron chi connectivity index (χ1n) is 7.28. The van der Waals surface area contributed by atoms with Crippen LogP contribution in [0.25, 0.3) is 0 Å². The molecule has 0 fully saturated rings. The van der Waals surface area contributed by atoms with Crippen LogP contribution in [0.5, 0.6) is 0 Å². The van der Waals surface area contributed by atoms with E-state index in [2.05, 4.69) is 5.32 Å². The number of hydrogen-bond donors (Lipinski definition) is 4. The van der Waals surface area contributed by atoms with Gasteiger partial charge >= 0.3 is 11.9 Å². The molecule has 0 spiro atoms. The molecule has 0 aliphatic heterocycles.